The summed E-state index contributed by atoms with van der Waals surface area (Å²) in [6.45, 7) is 4.11. The normalized spacial score (nSPS) is 11.4. The van der Waals surface area contributed by atoms with Crippen molar-refractivity contribution >= 4 is 21.6 Å². The van der Waals surface area contributed by atoms with E-state index in [4.69, 9.17) is 4.74 Å². The standard InChI is InChI=1S/C12H12BrN5O/c1-8(2)18-6-9(5-15-18)19-12-11-14-3-4-17(11)7-10(13)16-12/h3-8H,1-2H3. The minimum atomic E-state index is 0.291. The fraction of sp³-hybridized carbons (Fsp3) is 0.250. The molecule has 3 aromatic rings. The molecule has 0 saturated carbocycles. The van der Waals surface area contributed by atoms with Crippen molar-refractivity contribution in [2.45, 2.75) is 19.9 Å². The van der Waals surface area contributed by atoms with Crippen LogP contribution in [0.25, 0.3) is 5.65 Å². The largest absolute Gasteiger partial charge is 0.433 e. The van der Waals surface area contributed by atoms with E-state index in [2.05, 4.69) is 44.8 Å². The Bertz CT molecular complexity index is 718. The van der Waals surface area contributed by atoms with Crippen molar-refractivity contribution < 1.29 is 4.74 Å². The van der Waals surface area contributed by atoms with E-state index in [0.29, 0.717) is 27.9 Å². The first-order valence-electron chi connectivity index (χ1n) is 5.84. The van der Waals surface area contributed by atoms with Crippen LogP contribution in [0.2, 0.25) is 0 Å². The van der Waals surface area contributed by atoms with E-state index in [1.807, 2.05) is 27.7 Å². The van der Waals surface area contributed by atoms with Gasteiger partial charge in [-0.05, 0) is 29.8 Å². The first-order valence-corrected chi connectivity index (χ1v) is 6.64. The molecule has 3 heterocycles. The van der Waals surface area contributed by atoms with Crippen LogP contribution in [0.4, 0.5) is 0 Å². The van der Waals surface area contributed by atoms with Crippen LogP contribution in [0.1, 0.15) is 19.9 Å². The summed E-state index contributed by atoms with van der Waals surface area (Å²) in [6, 6.07) is 0.291. The van der Waals surface area contributed by atoms with E-state index < -0.39 is 0 Å². The van der Waals surface area contributed by atoms with Gasteiger partial charge in [-0.25, -0.2) is 9.97 Å². The topological polar surface area (TPSA) is 57.2 Å². The maximum atomic E-state index is 5.75. The number of halogens is 1. The quantitative estimate of drug-likeness (QED) is 0.744. The van der Waals surface area contributed by atoms with Gasteiger partial charge in [-0.15, -0.1) is 0 Å². The molecular weight excluding hydrogens is 310 g/mol. The molecule has 3 rings (SSSR count). The van der Waals surface area contributed by atoms with Gasteiger partial charge in [0.1, 0.15) is 4.60 Å². The lowest BCUT2D eigenvalue weighted by molar-refractivity contribution is 0.460. The Morgan fingerprint density at radius 3 is 2.89 bits per heavy atom. The number of aromatic nitrogens is 5. The summed E-state index contributed by atoms with van der Waals surface area (Å²) in [4.78, 5) is 8.52. The summed E-state index contributed by atoms with van der Waals surface area (Å²) >= 11 is 3.35. The van der Waals surface area contributed by atoms with Crippen molar-refractivity contribution in [1.82, 2.24) is 24.1 Å². The van der Waals surface area contributed by atoms with E-state index in [1.54, 1.807) is 12.4 Å². The average Bonchev–Trinajstić information content (AvgIpc) is 2.96. The molecule has 3 aromatic heterocycles. The number of hydrogen-bond acceptors (Lipinski definition) is 4. The van der Waals surface area contributed by atoms with Crippen molar-refractivity contribution in [3.63, 3.8) is 0 Å². The number of fused-ring (bicyclic) bond motifs is 1. The average molecular weight is 322 g/mol. The van der Waals surface area contributed by atoms with Crippen LogP contribution >= 0.6 is 15.9 Å². The molecule has 0 unspecified atom stereocenters. The van der Waals surface area contributed by atoms with Gasteiger partial charge in [0, 0.05) is 24.6 Å². The second kappa shape index (κ2) is 4.65. The molecule has 0 spiro atoms. The van der Waals surface area contributed by atoms with Gasteiger partial charge in [0.05, 0.1) is 12.4 Å². The molecule has 0 aromatic carbocycles. The second-order valence-corrected chi connectivity index (χ2v) is 5.19. The van der Waals surface area contributed by atoms with Crippen LogP contribution in [0.15, 0.2) is 35.6 Å². The third-order valence-corrected chi connectivity index (χ3v) is 3.02. The fourth-order valence-electron chi connectivity index (χ4n) is 1.71. The number of rotatable bonds is 3. The zero-order chi connectivity index (χ0) is 13.4. The van der Waals surface area contributed by atoms with E-state index in [9.17, 15) is 0 Å². The summed E-state index contributed by atoms with van der Waals surface area (Å²) in [7, 11) is 0. The molecule has 98 valence electrons. The number of hydrogen-bond donors (Lipinski definition) is 0. The van der Waals surface area contributed by atoms with Crippen molar-refractivity contribution in [2.75, 3.05) is 0 Å². The van der Waals surface area contributed by atoms with Crippen LogP contribution in [-0.2, 0) is 0 Å². The lowest BCUT2D eigenvalue weighted by atomic mass is 10.4. The van der Waals surface area contributed by atoms with Gasteiger partial charge in [-0.3, -0.25) is 9.08 Å². The molecular formula is C12H12BrN5O. The maximum Gasteiger partial charge on any atom is 0.265 e. The molecule has 6 nitrogen and oxygen atoms in total. The van der Waals surface area contributed by atoms with E-state index in [0.717, 1.165) is 0 Å². The summed E-state index contributed by atoms with van der Waals surface area (Å²) in [5.41, 5.74) is 0.667. The van der Waals surface area contributed by atoms with Gasteiger partial charge < -0.3 is 4.74 Å². The van der Waals surface area contributed by atoms with Crippen molar-refractivity contribution in [1.29, 1.82) is 0 Å². The molecule has 19 heavy (non-hydrogen) atoms. The summed E-state index contributed by atoms with van der Waals surface area (Å²) in [6.07, 6.45) is 8.88. The lowest BCUT2D eigenvalue weighted by Gasteiger charge is -2.05. The first-order chi connectivity index (χ1) is 9.13. The lowest BCUT2D eigenvalue weighted by Crippen LogP contribution is -1.99. The molecule has 0 aliphatic rings. The number of imidazole rings is 1. The van der Waals surface area contributed by atoms with Crippen molar-refractivity contribution in [3.8, 4) is 11.6 Å². The van der Waals surface area contributed by atoms with Gasteiger partial charge in [-0.1, -0.05) is 0 Å². The number of nitrogens with zero attached hydrogens (tertiary/aromatic N) is 5. The van der Waals surface area contributed by atoms with E-state index in [-0.39, 0.29) is 0 Å². The van der Waals surface area contributed by atoms with Crippen LogP contribution in [0.3, 0.4) is 0 Å². The Morgan fingerprint density at radius 1 is 1.32 bits per heavy atom. The molecule has 0 radical (unpaired) electrons. The maximum absolute atomic E-state index is 5.75. The summed E-state index contributed by atoms with van der Waals surface area (Å²) in [5, 5.41) is 4.23. The van der Waals surface area contributed by atoms with E-state index >= 15 is 0 Å². The summed E-state index contributed by atoms with van der Waals surface area (Å²) < 4.78 is 10.1. The molecule has 0 N–H and O–H groups in total. The highest BCUT2D eigenvalue weighted by Gasteiger charge is 2.10. The van der Waals surface area contributed by atoms with Crippen molar-refractivity contribution in [3.05, 3.63) is 35.6 Å². The molecule has 0 aliphatic heterocycles. The van der Waals surface area contributed by atoms with Gasteiger partial charge in [0.2, 0.25) is 5.65 Å². The zero-order valence-electron chi connectivity index (χ0n) is 10.5. The second-order valence-electron chi connectivity index (χ2n) is 4.38. The molecule has 0 saturated heterocycles. The fourth-order valence-corrected chi connectivity index (χ4v) is 2.09. The molecule has 7 heteroatoms. The molecule has 0 aliphatic carbocycles. The number of ether oxygens (including phenoxy) is 1. The third-order valence-electron chi connectivity index (χ3n) is 2.64. The van der Waals surface area contributed by atoms with Crippen molar-refractivity contribution in [2.24, 2.45) is 0 Å². The Balaban J connectivity index is 1.97. The third kappa shape index (κ3) is 2.33. The Labute approximate surface area is 118 Å². The van der Waals surface area contributed by atoms with Crippen LogP contribution in [-0.4, -0.2) is 24.1 Å². The van der Waals surface area contributed by atoms with Gasteiger partial charge in [0.25, 0.3) is 5.88 Å². The SMILES string of the molecule is CC(C)n1cc(Oc2nc(Br)cn3ccnc23)cn1. The van der Waals surface area contributed by atoms with Crippen LogP contribution in [0, 0.1) is 0 Å². The van der Waals surface area contributed by atoms with Gasteiger partial charge in [-0.2, -0.15) is 5.10 Å². The van der Waals surface area contributed by atoms with Crippen LogP contribution < -0.4 is 4.74 Å². The smallest absolute Gasteiger partial charge is 0.265 e. The first kappa shape index (κ1) is 12.2. The minimum absolute atomic E-state index is 0.291. The Morgan fingerprint density at radius 2 is 2.16 bits per heavy atom. The highest BCUT2D eigenvalue weighted by molar-refractivity contribution is 9.10. The molecule has 0 fully saturated rings. The highest BCUT2D eigenvalue weighted by atomic mass is 79.9. The van der Waals surface area contributed by atoms with Gasteiger partial charge in [0.15, 0.2) is 5.75 Å². The molecule has 0 atom stereocenters. The minimum Gasteiger partial charge on any atom is -0.433 e. The van der Waals surface area contributed by atoms with Gasteiger partial charge >= 0.3 is 0 Å². The van der Waals surface area contributed by atoms with Crippen LogP contribution in [0.5, 0.6) is 11.6 Å². The summed E-state index contributed by atoms with van der Waals surface area (Å²) in [5.74, 6) is 1.09. The predicted octanol–water partition coefficient (Wildman–Crippen LogP) is 3.06. The predicted molar refractivity (Wildman–Crippen MR) is 73.4 cm³/mol. The molecule has 0 amide bonds. The Hall–Kier alpha value is -1.89. The highest BCUT2D eigenvalue weighted by Crippen LogP contribution is 2.25. The zero-order valence-corrected chi connectivity index (χ0v) is 12.1. The van der Waals surface area contributed by atoms with E-state index in [1.165, 1.54) is 0 Å². The Kier molecular flexibility index (Phi) is 2.98. The monoisotopic (exact) mass is 321 g/mol. The molecule has 0 bridgehead atoms.